The summed E-state index contributed by atoms with van der Waals surface area (Å²) in [6.07, 6.45) is 6.85. The van der Waals surface area contributed by atoms with Crippen molar-refractivity contribution in [3.63, 3.8) is 0 Å². The molecule has 0 radical (unpaired) electrons. The van der Waals surface area contributed by atoms with Crippen LogP contribution in [0.2, 0.25) is 0 Å². The average molecular weight is 768 g/mol. The molecule has 0 saturated heterocycles. The molecule has 0 saturated carbocycles. The van der Waals surface area contributed by atoms with Gasteiger partial charge in [0.2, 0.25) is 0 Å². The summed E-state index contributed by atoms with van der Waals surface area (Å²) in [5.41, 5.74) is 22.1. The Kier molecular flexibility index (Phi) is 8.36. The zero-order valence-electron chi connectivity index (χ0n) is 34.1. The maximum absolute atomic E-state index is 4.58. The van der Waals surface area contributed by atoms with E-state index in [9.17, 15) is 0 Å². The minimum absolute atomic E-state index is 0.100. The zero-order chi connectivity index (χ0) is 40.4. The van der Waals surface area contributed by atoms with E-state index in [2.05, 4.69) is 238 Å². The molecular formula is C59H45N. The van der Waals surface area contributed by atoms with Crippen molar-refractivity contribution in [2.45, 2.75) is 24.7 Å². The molecular weight excluding hydrogens is 723 g/mol. The van der Waals surface area contributed by atoms with E-state index in [1.165, 1.54) is 94.7 Å². The second-order valence-corrected chi connectivity index (χ2v) is 16.8. The van der Waals surface area contributed by atoms with Crippen LogP contribution in [0.3, 0.4) is 0 Å². The minimum atomic E-state index is -0.558. The molecule has 0 N–H and O–H groups in total. The monoisotopic (exact) mass is 767 g/mol. The quantitative estimate of drug-likeness (QED) is 0.156. The number of rotatable bonds is 7. The van der Waals surface area contributed by atoms with Crippen LogP contribution in [-0.4, -0.2) is 6.54 Å². The number of nitrogens with zero attached hydrogens (tertiary/aromatic N) is 1. The van der Waals surface area contributed by atoms with E-state index in [0.29, 0.717) is 6.54 Å². The molecule has 1 heteroatoms. The highest BCUT2D eigenvalue weighted by molar-refractivity contribution is 5.99. The predicted octanol–water partition coefficient (Wildman–Crippen LogP) is 15.0. The lowest BCUT2D eigenvalue weighted by molar-refractivity contribution is 0.660. The molecule has 286 valence electrons. The average Bonchev–Trinajstić information content (AvgIpc) is 3.68. The first kappa shape index (κ1) is 35.9. The molecule has 0 aliphatic heterocycles. The van der Waals surface area contributed by atoms with Gasteiger partial charge in [-0.3, -0.25) is 0 Å². The largest absolute Gasteiger partial charge is 0.338 e. The summed E-state index contributed by atoms with van der Waals surface area (Å²) in [6, 6.07) is 71.6. The van der Waals surface area contributed by atoms with Crippen LogP contribution in [0.15, 0.2) is 225 Å². The van der Waals surface area contributed by atoms with Gasteiger partial charge in [-0.1, -0.05) is 209 Å². The molecule has 8 aromatic carbocycles. The summed E-state index contributed by atoms with van der Waals surface area (Å²) in [5, 5.41) is 0. The van der Waals surface area contributed by atoms with E-state index in [1.807, 2.05) is 0 Å². The van der Waals surface area contributed by atoms with Crippen molar-refractivity contribution < 1.29 is 0 Å². The smallest absolute Gasteiger partial charge is 0.0725 e. The molecule has 11 rings (SSSR count). The molecule has 3 aliphatic rings. The van der Waals surface area contributed by atoms with Crippen LogP contribution >= 0.6 is 0 Å². The van der Waals surface area contributed by atoms with Crippen LogP contribution in [0, 0.1) is 0 Å². The number of hydrogen-bond acceptors (Lipinski definition) is 1. The summed E-state index contributed by atoms with van der Waals surface area (Å²) in [4.78, 5) is 2.46. The van der Waals surface area contributed by atoms with Crippen LogP contribution in [0.25, 0.3) is 50.1 Å². The predicted molar refractivity (Wildman–Crippen MR) is 253 cm³/mol. The molecule has 0 amide bonds. The van der Waals surface area contributed by atoms with Crippen molar-refractivity contribution in [2.24, 2.45) is 0 Å². The van der Waals surface area contributed by atoms with E-state index in [1.54, 1.807) is 0 Å². The van der Waals surface area contributed by atoms with Crippen molar-refractivity contribution in [2.75, 3.05) is 11.4 Å². The molecule has 1 nitrogen and oxygen atoms in total. The van der Waals surface area contributed by atoms with E-state index >= 15 is 0 Å². The first-order valence-corrected chi connectivity index (χ1v) is 21.1. The fraction of sp³-hybridized carbons (Fsp3) is 0.0847. The van der Waals surface area contributed by atoms with Gasteiger partial charge in [0.05, 0.1) is 5.41 Å². The summed E-state index contributed by atoms with van der Waals surface area (Å²) in [7, 11) is 0. The van der Waals surface area contributed by atoms with E-state index in [4.69, 9.17) is 0 Å². The lowest BCUT2D eigenvalue weighted by atomic mass is 9.65. The van der Waals surface area contributed by atoms with E-state index < -0.39 is 5.41 Å². The first-order chi connectivity index (χ1) is 29.5. The Morgan fingerprint density at radius 1 is 0.433 bits per heavy atom. The molecule has 0 fully saturated rings. The van der Waals surface area contributed by atoms with Gasteiger partial charge in [0, 0.05) is 23.3 Å². The van der Waals surface area contributed by atoms with Crippen molar-refractivity contribution in [1.82, 2.24) is 0 Å². The molecule has 1 spiro atoms. The second kappa shape index (κ2) is 14.0. The van der Waals surface area contributed by atoms with Crippen LogP contribution in [0.1, 0.15) is 47.2 Å². The van der Waals surface area contributed by atoms with Crippen molar-refractivity contribution >= 4 is 16.9 Å². The summed E-state index contributed by atoms with van der Waals surface area (Å²) >= 11 is 0. The standard InChI is InChI=1S/C59H45N/c1-4-52-48(50-26-13-17-31-56(50)59(52)54-29-15-11-23-46(54)44-21-8-9-22-45(44)47-24-12-16-30-55(47)59)27-18-38-60(42-34-32-41(33-35-42)40-19-6-5-7-20-40)43-36-37-51-49-25-10-14-28-53(49)58(2,3)57(51)39-43/h4-37,39H,1,38H2,2-3H3/b27-18-. The van der Waals surface area contributed by atoms with Gasteiger partial charge in [0.1, 0.15) is 0 Å². The zero-order valence-corrected chi connectivity index (χ0v) is 34.1. The lowest BCUT2D eigenvalue weighted by Gasteiger charge is -2.36. The number of allylic oxidation sites excluding steroid dienone is 4. The van der Waals surface area contributed by atoms with Gasteiger partial charge in [-0.25, -0.2) is 0 Å². The van der Waals surface area contributed by atoms with Crippen LogP contribution in [0.5, 0.6) is 0 Å². The summed E-state index contributed by atoms with van der Waals surface area (Å²) < 4.78 is 0. The second-order valence-electron chi connectivity index (χ2n) is 16.8. The third-order valence-electron chi connectivity index (χ3n) is 13.4. The molecule has 60 heavy (non-hydrogen) atoms. The minimum Gasteiger partial charge on any atom is -0.338 e. The topological polar surface area (TPSA) is 3.24 Å². The van der Waals surface area contributed by atoms with Crippen molar-refractivity contribution in [3.8, 4) is 44.5 Å². The van der Waals surface area contributed by atoms with Gasteiger partial charge in [0.25, 0.3) is 0 Å². The molecule has 0 atom stereocenters. The van der Waals surface area contributed by atoms with Gasteiger partial charge >= 0.3 is 0 Å². The van der Waals surface area contributed by atoms with Crippen LogP contribution in [0.4, 0.5) is 11.4 Å². The third kappa shape index (κ3) is 5.25. The Labute approximate surface area is 354 Å². The first-order valence-electron chi connectivity index (χ1n) is 21.1. The maximum atomic E-state index is 4.58. The van der Waals surface area contributed by atoms with Gasteiger partial charge < -0.3 is 4.90 Å². The Hall–Kier alpha value is -7.22. The van der Waals surface area contributed by atoms with Gasteiger partial charge in [-0.05, 0) is 113 Å². The SMILES string of the molecule is C=CC1=C(/C=C\CN(c2ccc(-c3ccccc3)cc2)c2ccc3c(c2)C(C)(C)c2ccccc2-3)c2ccccc2C12c1ccccc1-c1ccccc1-c1ccccc12. The van der Waals surface area contributed by atoms with Crippen LogP contribution in [-0.2, 0) is 10.8 Å². The fourth-order valence-corrected chi connectivity index (χ4v) is 10.7. The van der Waals surface area contributed by atoms with Crippen molar-refractivity contribution in [3.05, 3.63) is 258 Å². The van der Waals surface area contributed by atoms with Gasteiger partial charge in [-0.2, -0.15) is 0 Å². The summed E-state index contributed by atoms with van der Waals surface area (Å²) in [5.74, 6) is 0. The molecule has 0 aromatic heterocycles. The van der Waals surface area contributed by atoms with E-state index in [0.717, 1.165) is 5.69 Å². The Morgan fingerprint density at radius 3 is 1.48 bits per heavy atom. The number of benzene rings is 8. The lowest BCUT2D eigenvalue weighted by Crippen LogP contribution is -2.30. The van der Waals surface area contributed by atoms with E-state index in [-0.39, 0.29) is 5.41 Å². The normalized spacial score (nSPS) is 14.8. The highest BCUT2D eigenvalue weighted by Gasteiger charge is 2.49. The number of hydrogen-bond donors (Lipinski definition) is 0. The molecule has 0 heterocycles. The highest BCUT2D eigenvalue weighted by Crippen LogP contribution is 2.61. The maximum Gasteiger partial charge on any atom is 0.0725 e. The Bertz CT molecular complexity index is 2980. The number of anilines is 2. The Morgan fingerprint density at radius 2 is 0.883 bits per heavy atom. The highest BCUT2D eigenvalue weighted by atomic mass is 15.1. The third-order valence-corrected chi connectivity index (χ3v) is 13.4. The van der Waals surface area contributed by atoms with Gasteiger partial charge in [0.15, 0.2) is 0 Å². The number of fused-ring (bicyclic) bond motifs is 12. The Balaban J connectivity index is 1.07. The fourth-order valence-electron chi connectivity index (χ4n) is 10.7. The molecule has 8 aromatic rings. The summed E-state index contributed by atoms with van der Waals surface area (Å²) in [6.45, 7) is 9.98. The molecule has 0 unspecified atom stereocenters. The molecule has 3 aliphatic carbocycles. The van der Waals surface area contributed by atoms with Crippen LogP contribution < -0.4 is 4.90 Å². The molecule has 0 bridgehead atoms. The van der Waals surface area contributed by atoms with Gasteiger partial charge in [-0.15, -0.1) is 0 Å². The van der Waals surface area contributed by atoms with Crippen molar-refractivity contribution in [1.29, 1.82) is 0 Å².